The molecule has 2 rings (SSSR count). The van der Waals surface area contributed by atoms with Crippen LogP contribution in [0.2, 0.25) is 0 Å². The van der Waals surface area contributed by atoms with Gasteiger partial charge in [-0.3, -0.25) is 86.9 Å². The van der Waals surface area contributed by atoms with Gasteiger partial charge in [0.1, 0.15) is 48.3 Å². The molecule has 1 aromatic carbocycles. The summed E-state index contributed by atoms with van der Waals surface area (Å²) in [7, 11) is 0. The number of hydrogen-bond donors (Lipinski definition) is 21. The van der Waals surface area contributed by atoms with Gasteiger partial charge in [-0.2, -0.15) is 0 Å². The molecule has 1 aliphatic heterocycles. The molecule has 8 atom stereocenters. The van der Waals surface area contributed by atoms with Gasteiger partial charge in [-0.05, 0) is 75.3 Å². The Bertz CT molecular complexity index is 3060. The van der Waals surface area contributed by atoms with Crippen LogP contribution in [0.1, 0.15) is 95.5 Å². The van der Waals surface area contributed by atoms with Crippen molar-refractivity contribution in [3.63, 3.8) is 0 Å². The normalized spacial score (nSPS) is 16.8. The van der Waals surface area contributed by atoms with Crippen molar-refractivity contribution in [3.05, 3.63) is 46.3 Å². The van der Waals surface area contributed by atoms with Crippen molar-refractivity contribution in [1.29, 1.82) is 0 Å². The number of hydrogen-bond acceptors (Lipinski definition) is 19. The summed E-state index contributed by atoms with van der Waals surface area (Å²) in [4.78, 5) is 211. The number of nitrogens with two attached hydrogens (primary N) is 6. The minimum atomic E-state index is -1.90. The third-order valence-electron chi connectivity index (χ3n) is 13.6. The van der Waals surface area contributed by atoms with Crippen molar-refractivity contribution in [2.45, 2.75) is 145 Å². The predicted molar refractivity (Wildman–Crippen MR) is 341 cm³/mol. The van der Waals surface area contributed by atoms with Crippen LogP contribution in [0.15, 0.2) is 50.4 Å². The Balaban J connectivity index is 2.28. The fraction of sp³-hybridized carbons (Fsp3) is 0.564. The van der Waals surface area contributed by atoms with Gasteiger partial charge in [0.25, 0.3) is 0 Å². The van der Waals surface area contributed by atoms with Crippen molar-refractivity contribution in [1.82, 2.24) is 63.8 Å². The van der Waals surface area contributed by atoms with E-state index >= 15 is 0 Å². The van der Waals surface area contributed by atoms with E-state index in [0.717, 1.165) is 0 Å². The number of guanidine groups is 3. The van der Waals surface area contributed by atoms with Crippen molar-refractivity contribution in [2.24, 2.45) is 54.5 Å². The summed E-state index contributed by atoms with van der Waals surface area (Å²) in [5, 5.41) is 60.5. The topological polar surface area (TPSA) is 703 Å². The largest absolute Gasteiger partial charge is 0.481 e. The molecule has 534 valence electrons. The maximum Gasteiger partial charge on any atom is 0.305 e. The zero-order valence-electron chi connectivity index (χ0n) is 52.9. The summed E-state index contributed by atoms with van der Waals surface area (Å²) in [6.45, 7) is -2.89. The van der Waals surface area contributed by atoms with Gasteiger partial charge in [-0.1, -0.05) is 35.4 Å². The molecule has 1 aromatic rings. The lowest BCUT2D eigenvalue weighted by Crippen LogP contribution is -2.58. The van der Waals surface area contributed by atoms with E-state index < -0.39 is 176 Å². The average molecular weight is 1370 g/mol. The molecule has 0 unspecified atom stereocenters. The van der Waals surface area contributed by atoms with Gasteiger partial charge in [-0.15, -0.1) is 0 Å². The van der Waals surface area contributed by atoms with Gasteiger partial charge in [0.15, 0.2) is 17.9 Å². The number of aliphatic carboxylic acids is 3. The molecule has 1 saturated heterocycles. The Labute approximate surface area is 554 Å². The number of aliphatic imine (C=N–C) groups is 3. The van der Waals surface area contributed by atoms with Crippen molar-refractivity contribution in [2.75, 3.05) is 52.4 Å². The molecule has 42 heteroatoms. The van der Waals surface area contributed by atoms with Crippen molar-refractivity contribution >= 4 is 107 Å². The van der Waals surface area contributed by atoms with Crippen LogP contribution < -0.4 is 98.2 Å². The molecule has 1 heterocycles. The third kappa shape index (κ3) is 35.9. The number of unbranched alkanes of at least 4 members (excludes halogenated alkanes) is 1. The Hall–Kier alpha value is -11.6. The van der Waals surface area contributed by atoms with Gasteiger partial charge in [0.2, 0.25) is 70.9 Å². The maximum absolute atomic E-state index is 14.2. The number of rotatable bonds is 41. The molecule has 0 aromatic heterocycles. The van der Waals surface area contributed by atoms with Crippen LogP contribution >= 0.6 is 0 Å². The summed E-state index contributed by atoms with van der Waals surface area (Å²) >= 11 is 0. The molecule has 42 nitrogen and oxygen atoms in total. The fourth-order valence-electron chi connectivity index (χ4n) is 8.92. The summed E-state index contributed by atoms with van der Waals surface area (Å²) in [6.07, 6.45) is -3.56. The maximum atomic E-state index is 14.2. The van der Waals surface area contributed by atoms with Crippen LogP contribution in [0, 0.1) is 0 Å². The molecule has 97 heavy (non-hydrogen) atoms. The van der Waals surface area contributed by atoms with E-state index in [0.29, 0.717) is 5.56 Å². The SMILES string of the molecule is [N-]=[N+]=NCCCC(=O)N[C@@H](CCCN=C(N)N)C(=O)NCC(=O)N[C@@H](CC(=O)O)C(=O)N[C@@H](CCCN=C(N)N)C(=O)NCC(=O)N[C@@H](CC(=O)O)C(=O)NCCCC[C@@H]1NC(=O)[C@H](Cc2ccccc2)NC(=O)[C@H](CC(=O)O)NC(=O)CNC(=O)[C@H](CCCN=C(N)N)NC1=O. The molecule has 0 saturated carbocycles. The molecular formula is C55H86N24O18. The van der Waals surface area contributed by atoms with Crippen LogP contribution in [0.3, 0.4) is 0 Å². The van der Waals surface area contributed by atoms with E-state index in [4.69, 9.17) is 39.9 Å². The number of benzene rings is 1. The van der Waals surface area contributed by atoms with E-state index in [2.05, 4.69) is 88.8 Å². The summed E-state index contributed by atoms with van der Waals surface area (Å²) in [5.74, 6) is -17.4. The van der Waals surface area contributed by atoms with Gasteiger partial charge in [-0.25, -0.2) is 0 Å². The molecule has 0 aliphatic carbocycles. The second-order valence-electron chi connectivity index (χ2n) is 21.6. The van der Waals surface area contributed by atoms with E-state index in [-0.39, 0.29) is 128 Å². The number of amides is 12. The molecule has 0 spiro atoms. The number of nitrogens with one attached hydrogen (secondary N) is 12. The van der Waals surface area contributed by atoms with Gasteiger partial charge in [0.05, 0.1) is 38.9 Å². The Morgan fingerprint density at radius 1 is 0.505 bits per heavy atom. The van der Waals surface area contributed by atoms with E-state index in [1.807, 2.05) is 0 Å². The van der Waals surface area contributed by atoms with Gasteiger partial charge < -0.3 is 114 Å². The molecule has 1 aliphatic rings. The first-order chi connectivity index (χ1) is 46.0. The highest BCUT2D eigenvalue weighted by molar-refractivity contribution is 5.99. The third-order valence-corrected chi connectivity index (χ3v) is 13.6. The van der Waals surface area contributed by atoms with E-state index in [9.17, 15) is 87.2 Å². The van der Waals surface area contributed by atoms with E-state index in [1.165, 1.54) is 0 Å². The lowest BCUT2D eigenvalue weighted by atomic mass is 10.0. The van der Waals surface area contributed by atoms with Crippen molar-refractivity contribution < 1.29 is 87.2 Å². The molecule has 27 N–H and O–H groups in total. The Kier molecular flexibility index (Phi) is 37.7. The van der Waals surface area contributed by atoms with Crippen LogP contribution in [0.25, 0.3) is 10.4 Å². The lowest BCUT2D eigenvalue weighted by Gasteiger charge is -2.26. The molecule has 0 radical (unpaired) electrons. The zero-order chi connectivity index (χ0) is 72.4. The molecular weight excluding hydrogens is 1280 g/mol. The first kappa shape index (κ1) is 81.5. The number of azide groups is 1. The standard InChI is InChI=1S/C55H86N24O18/c56-53(57)64-18-6-13-30(71-38(80)16-9-21-70-79-62)45(90)67-27-40(82)73-36(24-43(86)87)51(96)76-32(15-8-20-66-55(60)61)47(92)68-26-39(81)72-35(23-42(84)85)48(93)63-17-5-4-12-33-49(94)75-31(14-7-19-65-54(58)59)46(91)69-28-41(83)74-37(25-44(88)89)52(97)78-34(50(95)77-33)22-29-10-2-1-3-11-29/h1-3,10-11,30-37H,4-9,12-28H2,(H,63,93)(H,67,90)(H,68,92)(H,69,91)(H,71,80)(H,72,81)(H,73,82)(H,74,83)(H,75,94)(H,76,96)(H,77,95)(H,78,97)(H,84,85)(H,86,87)(H,88,89)(H4,56,57,64)(H4,58,59,65)(H4,60,61,66)/t30-,31-,32-,33-,34-,35-,36-,37-/m0/s1. The lowest BCUT2D eigenvalue weighted by molar-refractivity contribution is -0.141. The summed E-state index contributed by atoms with van der Waals surface area (Å²) in [5.41, 5.74) is 41.4. The zero-order valence-corrected chi connectivity index (χ0v) is 52.9. The van der Waals surface area contributed by atoms with Gasteiger partial charge >= 0.3 is 17.9 Å². The highest BCUT2D eigenvalue weighted by Crippen LogP contribution is 2.11. The number of carboxylic acid groups (broad SMARTS) is 3. The summed E-state index contributed by atoms with van der Waals surface area (Å²) in [6, 6.07) is -4.41. The van der Waals surface area contributed by atoms with Crippen LogP contribution in [-0.4, -0.2) is 223 Å². The quantitative estimate of drug-likeness (QED) is 0.00723. The molecule has 12 amide bonds. The van der Waals surface area contributed by atoms with Gasteiger partial charge in [0, 0.05) is 50.5 Å². The minimum absolute atomic E-state index is 0.000507. The second-order valence-corrected chi connectivity index (χ2v) is 21.6. The minimum Gasteiger partial charge on any atom is -0.481 e. The average Bonchev–Trinajstić information content (AvgIpc) is 1.78. The number of carbonyl (C=O) groups excluding carboxylic acids is 12. The monoisotopic (exact) mass is 1370 g/mol. The molecule has 0 bridgehead atoms. The highest BCUT2D eigenvalue weighted by atomic mass is 16.4. The highest BCUT2D eigenvalue weighted by Gasteiger charge is 2.35. The van der Waals surface area contributed by atoms with Crippen molar-refractivity contribution in [3.8, 4) is 0 Å². The second kappa shape index (κ2) is 44.8. The Morgan fingerprint density at radius 2 is 0.969 bits per heavy atom. The predicted octanol–water partition coefficient (Wildman–Crippen LogP) is -8.57. The van der Waals surface area contributed by atoms with Crippen LogP contribution in [0.4, 0.5) is 0 Å². The number of carboxylic acids is 3. The first-order valence-electron chi connectivity index (χ1n) is 30.3. The van der Waals surface area contributed by atoms with Crippen LogP contribution in [0.5, 0.6) is 0 Å². The summed E-state index contributed by atoms with van der Waals surface area (Å²) < 4.78 is 0. The number of nitrogens with zero attached hydrogens (tertiary/aromatic N) is 6. The Morgan fingerprint density at radius 3 is 1.49 bits per heavy atom. The smallest absolute Gasteiger partial charge is 0.305 e. The van der Waals surface area contributed by atoms with E-state index in [1.54, 1.807) is 30.3 Å². The number of carbonyl (C=O) groups is 15. The first-order valence-corrected chi connectivity index (χ1v) is 30.3. The van der Waals surface area contributed by atoms with Crippen LogP contribution in [-0.2, 0) is 78.3 Å². The molecule has 1 fully saturated rings. The fourth-order valence-corrected chi connectivity index (χ4v) is 8.92.